The molecule has 1 aromatic rings. The molecule has 0 bridgehead atoms. The fourth-order valence-electron chi connectivity index (χ4n) is 3.36. The Morgan fingerprint density at radius 3 is 3.00 bits per heavy atom. The average molecular weight is 252 g/mol. The summed E-state index contributed by atoms with van der Waals surface area (Å²) >= 11 is 6.27. The van der Waals surface area contributed by atoms with Crippen molar-refractivity contribution in [3.63, 3.8) is 0 Å². The smallest absolute Gasteiger partial charge is 0.147 e. The maximum atomic E-state index is 6.27. The first-order chi connectivity index (χ1) is 8.10. The summed E-state index contributed by atoms with van der Waals surface area (Å²) in [7, 11) is 0. The van der Waals surface area contributed by atoms with Crippen molar-refractivity contribution < 1.29 is 0 Å². The molecule has 0 amide bonds. The lowest BCUT2D eigenvalue weighted by Crippen LogP contribution is -2.45. The molecule has 2 saturated heterocycles. The number of aromatic nitrogens is 1. The van der Waals surface area contributed by atoms with E-state index in [-0.39, 0.29) is 5.54 Å². The van der Waals surface area contributed by atoms with Gasteiger partial charge in [0.25, 0.3) is 0 Å². The molecular weight excluding hydrogens is 234 g/mol. The molecular formula is C13H18ClN3. The van der Waals surface area contributed by atoms with Crippen LogP contribution in [0.3, 0.4) is 0 Å². The summed E-state index contributed by atoms with van der Waals surface area (Å²) in [6.07, 6.45) is 1.82. The van der Waals surface area contributed by atoms with Crippen LogP contribution in [0, 0.1) is 11.8 Å². The van der Waals surface area contributed by atoms with Crippen LogP contribution in [0.25, 0.3) is 0 Å². The van der Waals surface area contributed by atoms with Gasteiger partial charge in [0.15, 0.2) is 0 Å². The molecule has 17 heavy (non-hydrogen) atoms. The van der Waals surface area contributed by atoms with Crippen LogP contribution in [-0.4, -0.2) is 30.2 Å². The molecule has 2 fully saturated rings. The zero-order valence-corrected chi connectivity index (χ0v) is 11.0. The van der Waals surface area contributed by atoms with Gasteiger partial charge in [-0.1, -0.05) is 11.6 Å². The second kappa shape index (κ2) is 3.85. The van der Waals surface area contributed by atoms with E-state index in [1.807, 2.05) is 18.3 Å². The number of pyridine rings is 1. The highest BCUT2D eigenvalue weighted by Gasteiger charge is 2.50. The molecule has 0 aromatic carbocycles. The van der Waals surface area contributed by atoms with E-state index in [9.17, 15) is 0 Å². The Kier molecular flexibility index (Phi) is 2.56. The lowest BCUT2D eigenvalue weighted by atomic mass is 9.85. The highest BCUT2D eigenvalue weighted by atomic mass is 35.5. The number of nitrogens with one attached hydrogen (secondary N) is 1. The number of anilines is 1. The summed E-state index contributed by atoms with van der Waals surface area (Å²) in [6, 6.07) is 3.81. The van der Waals surface area contributed by atoms with Crippen molar-refractivity contribution in [1.82, 2.24) is 10.3 Å². The van der Waals surface area contributed by atoms with E-state index in [4.69, 9.17) is 11.6 Å². The number of fused-ring (bicyclic) bond motifs is 1. The van der Waals surface area contributed by atoms with Crippen molar-refractivity contribution in [3.8, 4) is 0 Å². The fourth-order valence-corrected chi connectivity index (χ4v) is 3.58. The van der Waals surface area contributed by atoms with Crippen molar-refractivity contribution in [2.75, 3.05) is 24.5 Å². The fraction of sp³-hybridized carbons (Fsp3) is 0.615. The van der Waals surface area contributed by atoms with Gasteiger partial charge in [0.05, 0.1) is 5.02 Å². The standard InChI is InChI=1S/C13H18ClN3/c1-13(2)10-7-15-6-9(10)8-17(13)12-11(14)4-3-5-16-12/h3-5,9-10,15H,6-8H2,1-2H3. The van der Waals surface area contributed by atoms with E-state index in [0.29, 0.717) is 5.92 Å². The quantitative estimate of drug-likeness (QED) is 0.829. The Labute approximate surface area is 107 Å². The van der Waals surface area contributed by atoms with Gasteiger partial charge in [-0.25, -0.2) is 4.98 Å². The van der Waals surface area contributed by atoms with Crippen LogP contribution in [0.1, 0.15) is 13.8 Å². The molecule has 2 aliphatic heterocycles. The summed E-state index contributed by atoms with van der Waals surface area (Å²) in [5.41, 5.74) is 0.131. The molecule has 2 atom stereocenters. The van der Waals surface area contributed by atoms with E-state index in [1.54, 1.807) is 0 Å². The van der Waals surface area contributed by atoms with Crippen LogP contribution < -0.4 is 10.2 Å². The molecule has 2 unspecified atom stereocenters. The van der Waals surface area contributed by atoms with Gasteiger partial charge in [0, 0.05) is 31.4 Å². The Balaban J connectivity index is 1.97. The normalized spacial score (nSPS) is 30.6. The van der Waals surface area contributed by atoms with Gasteiger partial charge >= 0.3 is 0 Å². The summed E-state index contributed by atoms with van der Waals surface area (Å²) in [6.45, 7) is 7.89. The highest BCUT2D eigenvalue weighted by molar-refractivity contribution is 6.32. The molecule has 0 spiro atoms. The summed E-state index contributed by atoms with van der Waals surface area (Å²) in [5.74, 6) is 2.36. The largest absolute Gasteiger partial charge is 0.350 e. The third kappa shape index (κ3) is 1.64. The molecule has 1 aromatic heterocycles. The van der Waals surface area contributed by atoms with Crippen molar-refractivity contribution in [3.05, 3.63) is 23.4 Å². The lowest BCUT2D eigenvalue weighted by Gasteiger charge is -2.36. The van der Waals surface area contributed by atoms with E-state index in [0.717, 1.165) is 36.4 Å². The summed E-state index contributed by atoms with van der Waals surface area (Å²) in [5, 5.41) is 4.24. The predicted molar refractivity (Wildman–Crippen MR) is 70.5 cm³/mol. The lowest BCUT2D eigenvalue weighted by molar-refractivity contribution is 0.356. The third-order valence-corrected chi connectivity index (χ3v) is 4.65. The van der Waals surface area contributed by atoms with Gasteiger partial charge < -0.3 is 10.2 Å². The van der Waals surface area contributed by atoms with Gasteiger partial charge in [0.1, 0.15) is 5.82 Å². The minimum Gasteiger partial charge on any atom is -0.350 e. The van der Waals surface area contributed by atoms with Crippen LogP contribution in [0.15, 0.2) is 18.3 Å². The molecule has 1 N–H and O–H groups in total. The van der Waals surface area contributed by atoms with Gasteiger partial charge in [-0.15, -0.1) is 0 Å². The van der Waals surface area contributed by atoms with Crippen LogP contribution in [-0.2, 0) is 0 Å². The van der Waals surface area contributed by atoms with Gasteiger partial charge in [0.2, 0.25) is 0 Å². The topological polar surface area (TPSA) is 28.2 Å². The molecule has 3 rings (SSSR count). The minimum absolute atomic E-state index is 0.131. The molecule has 0 aliphatic carbocycles. The second-order valence-electron chi connectivity index (χ2n) is 5.60. The van der Waals surface area contributed by atoms with Crippen LogP contribution in [0.5, 0.6) is 0 Å². The maximum absolute atomic E-state index is 6.27. The van der Waals surface area contributed by atoms with E-state index in [1.165, 1.54) is 0 Å². The SMILES string of the molecule is CC1(C)C2CNCC2CN1c1ncccc1Cl. The van der Waals surface area contributed by atoms with Gasteiger partial charge in [-0.3, -0.25) is 0 Å². The number of halogens is 1. The Bertz CT molecular complexity index is 432. The monoisotopic (exact) mass is 251 g/mol. The summed E-state index contributed by atoms with van der Waals surface area (Å²) in [4.78, 5) is 6.84. The summed E-state index contributed by atoms with van der Waals surface area (Å²) < 4.78 is 0. The maximum Gasteiger partial charge on any atom is 0.147 e. The Morgan fingerprint density at radius 1 is 1.47 bits per heavy atom. The first-order valence-electron chi connectivity index (χ1n) is 6.19. The molecule has 3 nitrogen and oxygen atoms in total. The first kappa shape index (κ1) is 11.3. The van der Waals surface area contributed by atoms with Crippen molar-refractivity contribution in [1.29, 1.82) is 0 Å². The minimum atomic E-state index is 0.131. The molecule has 92 valence electrons. The van der Waals surface area contributed by atoms with Crippen LogP contribution >= 0.6 is 11.6 Å². The number of nitrogens with zero attached hydrogens (tertiary/aromatic N) is 2. The average Bonchev–Trinajstić information content (AvgIpc) is 2.83. The number of rotatable bonds is 1. The molecule has 4 heteroatoms. The molecule has 3 heterocycles. The van der Waals surface area contributed by atoms with Crippen molar-refractivity contribution >= 4 is 17.4 Å². The Morgan fingerprint density at radius 2 is 2.29 bits per heavy atom. The Hall–Kier alpha value is -0.800. The highest BCUT2D eigenvalue weighted by Crippen LogP contribution is 2.44. The molecule has 0 saturated carbocycles. The van der Waals surface area contributed by atoms with E-state index < -0.39 is 0 Å². The first-order valence-corrected chi connectivity index (χ1v) is 6.57. The van der Waals surface area contributed by atoms with Crippen molar-refractivity contribution in [2.24, 2.45) is 11.8 Å². The second-order valence-corrected chi connectivity index (χ2v) is 6.01. The molecule has 2 aliphatic rings. The number of hydrogen-bond donors (Lipinski definition) is 1. The van der Waals surface area contributed by atoms with Gasteiger partial charge in [-0.05, 0) is 37.8 Å². The number of hydrogen-bond acceptors (Lipinski definition) is 3. The molecule has 0 radical (unpaired) electrons. The zero-order valence-electron chi connectivity index (χ0n) is 10.3. The van der Waals surface area contributed by atoms with Crippen LogP contribution in [0.4, 0.5) is 5.82 Å². The van der Waals surface area contributed by atoms with Gasteiger partial charge in [-0.2, -0.15) is 0 Å². The third-order valence-electron chi connectivity index (χ3n) is 4.35. The zero-order chi connectivity index (χ0) is 12.0. The van der Waals surface area contributed by atoms with E-state index in [2.05, 4.69) is 29.0 Å². The van der Waals surface area contributed by atoms with E-state index >= 15 is 0 Å². The van der Waals surface area contributed by atoms with Crippen LogP contribution in [0.2, 0.25) is 5.02 Å². The van der Waals surface area contributed by atoms with Crippen molar-refractivity contribution in [2.45, 2.75) is 19.4 Å². The predicted octanol–water partition coefficient (Wildman–Crippen LogP) is 2.17.